The third kappa shape index (κ3) is 4.66. The summed E-state index contributed by atoms with van der Waals surface area (Å²) in [5, 5.41) is 2.58. The van der Waals surface area contributed by atoms with Gasteiger partial charge >= 0.3 is 7.82 Å². The average molecular weight is 388 g/mol. The van der Waals surface area contributed by atoms with Gasteiger partial charge in [-0.1, -0.05) is 18.7 Å². The first kappa shape index (κ1) is 20.5. The number of hydrogen-bond donors (Lipinski definition) is 3. The van der Waals surface area contributed by atoms with Crippen molar-refractivity contribution in [2.75, 3.05) is 19.7 Å². The molecular formula is C15H21N2O8P. The van der Waals surface area contributed by atoms with Gasteiger partial charge < -0.3 is 19.8 Å². The molecule has 0 aromatic carbocycles. The fourth-order valence-electron chi connectivity index (χ4n) is 2.99. The zero-order valence-corrected chi connectivity index (χ0v) is 15.1. The first-order chi connectivity index (χ1) is 12.1. The van der Waals surface area contributed by atoms with E-state index < -0.39 is 43.7 Å². The molecule has 0 bridgehead atoms. The van der Waals surface area contributed by atoms with E-state index in [1.165, 1.54) is 0 Å². The molecule has 0 saturated carbocycles. The number of rotatable bonds is 8. The standard InChI is InChI=1S/C15H21N2O8P/c1-3-12(18)16-9-15(5-4-10(2)25-15)11-8-13(19)17(14(11)20)6-7-24-26(21,22)23/h3-5,10-11H,1,6-9H2,2H3,(H,16,18)(H2,21,22,23). The second-order valence-electron chi connectivity index (χ2n) is 6.02. The number of phosphoric ester groups is 1. The fourth-order valence-corrected chi connectivity index (χ4v) is 3.31. The van der Waals surface area contributed by atoms with Gasteiger partial charge in [0.25, 0.3) is 0 Å². The van der Waals surface area contributed by atoms with Crippen LogP contribution in [0, 0.1) is 5.92 Å². The summed E-state index contributed by atoms with van der Waals surface area (Å²) in [4.78, 5) is 54.6. The smallest absolute Gasteiger partial charge is 0.361 e. The molecule has 10 nitrogen and oxygen atoms in total. The van der Waals surface area contributed by atoms with Crippen LogP contribution in [-0.2, 0) is 28.2 Å². The molecule has 144 valence electrons. The maximum Gasteiger partial charge on any atom is 0.469 e. The van der Waals surface area contributed by atoms with Gasteiger partial charge in [-0.2, -0.15) is 0 Å². The molecule has 1 saturated heterocycles. The van der Waals surface area contributed by atoms with Crippen molar-refractivity contribution in [3.8, 4) is 0 Å². The zero-order valence-electron chi connectivity index (χ0n) is 14.2. The van der Waals surface area contributed by atoms with E-state index in [9.17, 15) is 18.9 Å². The number of carbonyl (C=O) groups is 3. The second-order valence-corrected chi connectivity index (χ2v) is 7.26. The van der Waals surface area contributed by atoms with Crippen LogP contribution in [0.15, 0.2) is 24.8 Å². The summed E-state index contributed by atoms with van der Waals surface area (Å²) in [6, 6.07) is 0. The lowest BCUT2D eigenvalue weighted by Gasteiger charge is -2.33. The van der Waals surface area contributed by atoms with Gasteiger partial charge in [0, 0.05) is 6.42 Å². The van der Waals surface area contributed by atoms with E-state index in [2.05, 4.69) is 16.4 Å². The minimum atomic E-state index is -4.69. The van der Waals surface area contributed by atoms with Crippen molar-refractivity contribution in [2.24, 2.45) is 5.92 Å². The Morgan fingerprint density at radius 3 is 2.81 bits per heavy atom. The molecule has 0 aliphatic carbocycles. The Labute approximate surface area is 150 Å². The zero-order chi connectivity index (χ0) is 19.5. The minimum Gasteiger partial charge on any atom is -0.361 e. The minimum absolute atomic E-state index is 0.0186. The van der Waals surface area contributed by atoms with Gasteiger partial charge in [0.1, 0.15) is 5.60 Å². The van der Waals surface area contributed by atoms with Gasteiger partial charge in [0.15, 0.2) is 0 Å². The highest BCUT2D eigenvalue weighted by molar-refractivity contribution is 7.46. The number of hydrogen-bond acceptors (Lipinski definition) is 6. The quantitative estimate of drug-likeness (QED) is 0.218. The summed E-state index contributed by atoms with van der Waals surface area (Å²) in [5.41, 5.74) is -1.18. The monoisotopic (exact) mass is 388 g/mol. The van der Waals surface area contributed by atoms with Crippen molar-refractivity contribution in [3.63, 3.8) is 0 Å². The molecular weight excluding hydrogens is 367 g/mol. The molecule has 3 atom stereocenters. The van der Waals surface area contributed by atoms with Gasteiger partial charge in [0.2, 0.25) is 17.7 Å². The van der Waals surface area contributed by atoms with Crippen LogP contribution in [0.1, 0.15) is 13.3 Å². The van der Waals surface area contributed by atoms with Gasteiger partial charge in [-0.25, -0.2) is 4.57 Å². The Morgan fingerprint density at radius 2 is 2.27 bits per heavy atom. The lowest BCUT2D eigenvalue weighted by molar-refractivity contribution is -0.144. The molecule has 1 fully saturated rings. The molecule has 3 N–H and O–H groups in total. The topological polar surface area (TPSA) is 142 Å². The number of likely N-dealkylation sites (tertiary alicyclic amines) is 1. The van der Waals surface area contributed by atoms with E-state index in [4.69, 9.17) is 14.5 Å². The second kappa shape index (κ2) is 7.81. The lowest BCUT2D eigenvalue weighted by Crippen LogP contribution is -2.50. The molecule has 26 heavy (non-hydrogen) atoms. The number of phosphoric acid groups is 1. The van der Waals surface area contributed by atoms with E-state index in [1.807, 2.05) is 0 Å². The lowest BCUT2D eigenvalue weighted by atomic mass is 9.86. The van der Waals surface area contributed by atoms with Gasteiger partial charge in [0.05, 0.1) is 31.7 Å². The Balaban J connectivity index is 2.12. The SMILES string of the molecule is C=CC(=O)NCC1(C2CC(=O)N(CCOP(=O)(O)O)C2=O)C=CC(C)O1. The van der Waals surface area contributed by atoms with E-state index in [1.54, 1.807) is 19.1 Å². The molecule has 0 aromatic rings. The summed E-state index contributed by atoms with van der Waals surface area (Å²) in [6.07, 6.45) is 4.04. The highest BCUT2D eigenvalue weighted by Gasteiger charge is 2.53. The molecule has 3 amide bonds. The Kier molecular flexibility index (Phi) is 6.15. The molecule has 0 aromatic heterocycles. The molecule has 3 unspecified atom stereocenters. The molecule has 2 aliphatic rings. The Morgan fingerprint density at radius 1 is 1.58 bits per heavy atom. The van der Waals surface area contributed by atoms with Crippen molar-refractivity contribution in [3.05, 3.63) is 24.8 Å². The van der Waals surface area contributed by atoms with Crippen LogP contribution in [0.3, 0.4) is 0 Å². The van der Waals surface area contributed by atoms with E-state index in [0.717, 1.165) is 11.0 Å². The molecule has 2 aliphatic heterocycles. The maximum absolute atomic E-state index is 12.7. The number of nitrogens with one attached hydrogen (secondary N) is 1. The largest absolute Gasteiger partial charge is 0.469 e. The normalized spacial score (nSPS) is 28.7. The van der Waals surface area contributed by atoms with Gasteiger partial charge in [-0.15, -0.1) is 0 Å². The van der Waals surface area contributed by atoms with Crippen LogP contribution in [0.2, 0.25) is 0 Å². The Hall–Kier alpha value is -1.84. The van der Waals surface area contributed by atoms with E-state index >= 15 is 0 Å². The van der Waals surface area contributed by atoms with E-state index in [0.29, 0.717) is 0 Å². The van der Waals surface area contributed by atoms with Crippen LogP contribution >= 0.6 is 7.82 Å². The highest BCUT2D eigenvalue weighted by atomic mass is 31.2. The third-order valence-electron chi connectivity index (χ3n) is 4.19. The first-order valence-corrected chi connectivity index (χ1v) is 9.43. The van der Waals surface area contributed by atoms with Crippen LogP contribution in [0.25, 0.3) is 0 Å². The molecule has 2 heterocycles. The first-order valence-electron chi connectivity index (χ1n) is 7.90. The number of imide groups is 1. The number of nitrogens with zero attached hydrogens (tertiary/aromatic N) is 1. The number of carbonyl (C=O) groups excluding carboxylic acids is 3. The number of amides is 3. The van der Waals surface area contributed by atoms with Crippen LogP contribution in [-0.4, -0.2) is 63.8 Å². The van der Waals surface area contributed by atoms with Gasteiger partial charge in [-0.3, -0.25) is 23.8 Å². The van der Waals surface area contributed by atoms with Crippen LogP contribution in [0.4, 0.5) is 0 Å². The molecule has 0 radical (unpaired) electrons. The van der Waals surface area contributed by atoms with Crippen molar-refractivity contribution in [1.29, 1.82) is 0 Å². The maximum atomic E-state index is 12.7. The van der Waals surface area contributed by atoms with Crippen molar-refractivity contribution >= 4 is 25.5 Å². The number of ether oxygens (including phenoxy) is 1. The molecule has 0 spiro atoms. The highest BCUT2D eigenvalue weighted by Crippen LogP contribution is 2.39. The third-order valence-corrected chi connectivity index (χ3v) is 4.71. The van der Waals surface area contributed by atoms with Crippen molar-refractivity contribution in [1.82, 2.24) is 10.2 Å². The summed E-state index contributed by atoms with van der Waals surface area (Å²) >= 11 is 0. The predicted molar refractivity (Wildman–Crippen MR) is 88.4 cm³/mol. The Bertz CT molecular complexity index is 687. The molecule has 11 heteroatoms. The average Bonchev–Trinajstić information content (AvgIpc) is 3.07. The summed E-state index contributed by atoms with van der Waals surface area (Å²) in [6.45, 7) is 4.33. The predicted octanol–water partition coefficient (Wildman–Crippen LogP) is -0.513. The van der Waals surface area contributed by atoms with Crippen molar-refractivity contribution in [2.45, 2.75) is 25.0 Å². The van der Waals surface area contributed by atoms with Gasteiger partial charge in [-0.05, 0) is 13.0 Å². The fraction of sp³-hybridized carbons (Fsp3) is 0.533. The van der Waals surface area contributed by atoms with E-state index in [-0.39, 0.29) is 25.6 Å². The van der Waals surface area contributed by atoms with Crippen LogP contribution < -0.4 is 5.32 Å². The molecule has 2 rings (SSSR count). The summed E-state index contributed by atoms with van der Waals surface area (Å²) in [5.74, 6) is -2.35. The van der Waals surface area contributed by atoms with Crippen molar-refractivity contribution < 1.29 is 38.0 Å². The summed E-state index contributed by atoms with van der Waals surface area (Å²) < 4.78 is 20.8. The summed E-state index contributed by atoms with van der Waals surface area (Å²) in [7, 11) is -4.69. The van der Waals surface area contributed by atoms with Crippen LogP contribution in [0.5, 0.6) is 0 Å².